The van der Waals surface area contributed by atoms with Crippen molar-refractivity contribution in [1.29, 1.82) is 0 Å². The molecular formula is C20H22BrN3OS. The van der Waals surface area contributed by atoms with Gasteiger partial charge in [-0.3, -0.25) is 9.89 Å². The Kier molecular flexibility index (Phi) is 4.24. The standard InChI is InChI=1S/C20H22BrN3OS/c21-16-3-1-15(2-4-16)17(25)11-26-19-22-18(23-24-19)20-8-12-5-13(9-20)7-14(6-12)10-20/h1-4,12-14H,5-11H2,(H,22,23,24). The van der Waals surface area contributed by atoms with Crippen LogP contribution in [0.25, 0.3) is 0 Å². The molecule has 1 heterocycles. The molecule has 0 unspecified atom stereocenters. The van der Waals surface area contributed by atoms with Crippen LogP contribution in [0.15, 0.2) is 33.9 Å². The number of ketones is 1. The van der Waals surface area contributed by atoms with E-state index in [1.165, 1.54) is 50.3 Å². The van der Waals surface area contributed by atoms with E-state index in [0.717, 1.165) is 33.6 Å². The molecule has 1 aromatic heterocycles. The number of aromatic nitrogens is 3. The van der Waals surface area contributed by atoms with E-state index in [9.17, 15) is 4.79 Å². The maximum absolute atomic E-state index is 12.4. The van der Waals surface area contributed by atoms with E-state index in [2.05, 4.69) is 26.1 Å². The monoisotopic (exact) mass is 431 g/mol. The van der Waals surface area contributed by atoms with E-state index in [-0.39, 0.29) is 11.2 Å². The molecule has 6 rings (SSSR count). The van der Waals surface area contributed by atoms with E-state index in [1.54, 1.807) is 0 Å². The molecule has 4 aliphatic rings. The van der Waals surface area contributed by atoms with Crippen LogP contribution in [-0.2, 0) is 5.41 Å². The van der Waals surface area contributed by atoms with Crippen molar-refractivity contribution in [2.45, 2.75) is 49.1 Å². The van der Waals surface area contributed by atoms with Gasteiger partial charge < -0.3 is 0 Å². The van der Waals surface area contributed by atoms with Crippen molar-refractivity contribution in [3.8, 4) is 0 Å². The van der Waals surface area contributed by atoms with Crippen molar-refractivity contribution in [2.24, 2.45) is 17.8 Å². The Balaban J connectivity index is 1.27. The first-order valence-corrected chi connectivity index (χ1v) is 11.2. The molecule has 4 aliphatic carbocycles. The first kappa shape index (κ1) is 17.0. The normalized spacial score (nSPS) is 32.1. The Morgan fingerprint density at radius 2 is 1.73 bits per heavy atom. The Hall–Kier alpha value is -1.14. The molecule has 26 heavy (non-hydrogen) atoms. The fourth-order valence-electron chi connectivity index (χ4n) is 5.80. The lowest BCUT2D eigenvalue weighted by molar-refractivity contribution is -0.00931. The van der Waals surface area contributed by atoms with Crippen LogP contribution in [0.2, 0.25) is 0 Å². The number of nitrogens with zero attached hydrogens (tertiary/aromatic N) is 2. The molecule has 4 saturated carbocycles. The highest BCUT2D eigenvalue weighted by molar-refractivity contribution is 9.10. The summed E-state index contributed by atoms with van der Waals surface area (Å²) in [7, 11) is 0. The summed E-state index contributed by atoms with van der Waals surface area (Å²) in [6, 6.07) is 7.50. The number of halogens is 1. The molecule has 0 atom stereocenters. The van der Waals surface area contributed by atoms with Crippen LogP contribution >= 0.6 is 27.7 Å². The van der Waals surface area contributed by atoms with Gasteiger partial charge in [-0.05, 0) is 68.4 Å². The highest BCUT2D eigenvalue weighted by Gasteiger charge is 2.53. The molecule has 4 nitrogen and oxygen atoms in total. The van der Waals surface area contributed by atoms with Crippen LogP contribution in [0.3, 0.4) is 0 Å². The number of rotatable bonds is 5. The fourth-order valence-corrected chi connectivity index (χ4v) is 6.76. The molecule has 6 heteroatoms. The van der Waals surface area contributed by atoms with Gasteiger partial charge in [-0.15, -0.1) is 5.10 Å². The molecule has 0 amide bonds. The number of hydrogen-bond donors (Lipinski definition) is 1. The van der Waals surface area contributed by atoms with Gasteiger partial charge in [0.1, 0.15) is 5.82 Å². The topological polar surface area (TPSA) is 58.6 Å². The number of H-pyrrole nitrogens is 1. The van der Waals surface area contributed by atoms with Crippen LogP contribution in [-0.4, -0.2) is 26.7 Å². The minimum absolute atomic E-state index is 0.114. The number of Topliss-reactive ketones (excluding diaryl/α,β-unsaturated/α-hetero) is 1. The minimum atomic E-state index is 0.114. The predicted octanol–water partition coefficient (Wildman–Crippen LogP) is 5.01. The summed E-state index contributed by atoms with van der Waals surface area (Å²) in [4.78, 5) is 17.2. The molecule has 4 bridgehead atoms. The van der Waals surface area contributed by atoms with Gasteiger partial charge in [0, 0.05) is 15.5 Å². The highest BCUT2D eigenvalue weighted by Crippen LogP contribution is 2.60. The second-order valence-electron chi connectivity index (χ2n) is 8.38. The quantitative estimate of drug-likeness (QED) is 0.533. The lowest BCUT2D eigenvalue weighted by Gasteiger charge is -2.55. The Morgan fingerprint density at radius 3 is 2.35 bits per heavy atom. The van der Waals surface area contributed by atoms with E-state index in [0.29, 0.717) is 10.9 Å². The molecule has 0 spiro atoms. The summed E-state index contributed by atoms with van der Waals surface area (Å²) in [6.07, 6.45) is 8.10. The zero-order chi connectivity index (χ0) is 17.7. The predicted molar refractivity (Wildman–Crippen MR) is 105 cm³/mol. The van der Waals surface area contributed by atoms with Crippen molar-refractivity contribution in [3.63, 3.8) is 0 Å². The van der Waals surface area contributed by atoms with Gasteiger partial charge in [0.2, 0.25) is 5.16 Å². The van der Waals surface area contributed by atoms with Crippen molar-refractivity contribution in [2.75, 3.05) is 5.75 Å². The smallest absolute Gasteiger partial charge is 0.208 e. The second-order valence-corrected chi connectivity index (χ2v) is 10.2. The summed E-state index contributed by atoms with van der Waals surface area (Å²) in [5.41, 5.74) is 0.966. The molecule has 2 aromatic rings. The fraction of sp³-hybridized carbons (Fsp3) is 0.550. The molecule has 0 saturated heterocycles. The SMILES string of the molecule is O=C(CSc1n[nH]c(C23CC4CC(CC(C4)C2)C3)n1)c1ccc(Br)cc1. The van der Waals surface area contributed by atoms with Gasteiger partial charge in [0.15, 0.2) is 5.78 Å². The van der Waals surface area contributed by atoms with Crippen LogP contribution in [0.4, 0.5) is 0 Å². The van der Waals surface area contributed by atoms with E-state index >= 15 is 0 Å². The molecular weight excluding hydrogens is 410 g/mol. The number of aromatic amines is 1. The number of carbonyl (C=O) groups is 1. The van der Waals surface area contributed by atoms with Gasteiger partial charge >= 0.3 is 0 Å². The van der Waals surface area contributed by atoms with E-state index in [1.807, 2.05) is 24.3 Å². The average Bonchev–Trinajstić information content (AvgIpc) is 3.09. The number of carbonyl (C=O) groups excluding carboxylic acids is 1. The zero-order valence-corrected chi connectivity index (χ0v) is 17.0. The van der Waals surface area contributed by atoms with Crippen LogP contribution in [0, 0.1) is 17.8 Å². The summed E-state index contributed by atoms with van der Waals surface area (Å²) in [5.74, 6) is 4.24. The second kappa shape index (κ2) is 6.48. The van der Waals surface area contributed by atoms with Gasteiger partial charge in [-0.2, -0.15) is 0 Å². The third-order valence-corrected chi connectivity index (χ3v) is 7.88. The maximum atomic E-state index is 12.4. The molecule has 4 fully saturated rings. The number of benzene rings is 1. The van der Waals surface area contributed by atoms with E-state index < -0.39 is 0 Å². The highest BCUT2D eigenvalue weighted by atomic mass is 79.9. The van der Waals surface area contributed by atoms with Gasteiger partial charge in [0.25, 0.3) is 0 Å². The lowest BCUT2D eigenvalue weighted by Crippen LogP contribution is -2.49. The van der Waals surface area contributed by atoms with E-state index in [4.69, 9.17) is 4.98 Å². The van der Waals surface area contributed by atoms with Crippen molar-refractivity contribution < 1.29 is 4.79 Å². The summed E-state index contributed by atoms with van der Waals surface area (Å²) in [6.45, 7) is 0. The Bertz CT molecular complexity index is 797. The Labute approximate surface area is 166 Å². The summed E-state index contributed by atoms with van der Waals surface area (Å²) < 4.78 is 0.982. The van der Waals surface area contributed by atoms with Gasteiger partial charge in [-0.25, -0.2) is 4.98 Å². The average molecular weight is 432 g/mol. The van der Waals surface area contributed by atoms with Crippen LogP contribution in [0.1, 0.15) is 54.7 Å². The van der Waals surface area contributed by atoms with Crippen molar-refractivity contribution in [1.82, 2.24) is 15.2 Å². The molecule has 1 aromatic carbocycles. The van der Waals surface area contributed by atoms with Crippen molar-refractivity contribution >= 4 is 33.5 Å². The third kappa shape index (κ3) is 3.05. The maximum Gasteiger partial charge on any atom is 0.208 e. The third-order valence-electron chi connectivity index (χ3n) is 6.50. The van der Waals surface area contributed by atoms with Crippen LogP contribution < -0.4 is 0 Å². The summed E-state index contributed by atoms with van der Waals surface area (Å²) >= 11 is 4.84. The number of thioether (sulfide) groups is 1. The largest absolute Gasteiger partial charge is 0.293 e. The molecule has 0 aliphatic heterocycles. The molecule has 1 N–H and O–H groups in total. The van der Waals surface area contributed by atoms with Gasteiger partial charge in [-0.1, -0.05) is 39.8 Å². The first-order valence-electron chi connectivity index (χ1n) is 9.44. The van der Waals surface area contributed by atoms with Crippen LogP contribution in [0.5, 0.6) is 0 Å². The first-order chi connectivity index (χ1) is 12.6. The molecule has 0 radical (unpaired) electrons. The van der Waals surface area contributed by atoms with Gasteiger partial charge in [0.05, 0.1) is 5.75 Å². The number of hydrogen-bond acceptors (Lipinski definition) is 4. The minimum Gasteiger partial charge on any atom is -0.293 e. The molecule has 136 valence electrons. The lowest BCUT2D eigenvalue weighted by atomic mass is 9.49. The Morgan fingerprint density at radius 1 is 1.12 bits per heavy atom. The number of nitrogens with one attached hydrogen (secondary N) is 1. The van der Waals surface area contributed by atoms with Crippen molar-refractivity contribution in [3.05, 3.63) is 40.1 Å². The summed E-state index contributed by atoms with van der Waals surface area (Å²) in [5, 5.41) is 8.36. The zero-order valence-electron chi connectivity index (χ0n) is 14.6.